The van der Waals surface area contributed by atoms with Gasteiger partial charge in [-0.2, -0.15) is 8.78 Å². The molecule has 1 aromatic carbocycles. The van der Waals surface area contributed by atoms with Crippen molar-refractivity contribution in [3.05, 3.63) is 21.6 Å². The van der Waals surface area contributed by atoms with Crippen molar-refractivity contribution in [3.63, 3.8) is 0 Å². The summed E-state index contributed by atoms with van der Waals surface area (Å²) in [5.74, 6) is 0.0303. The number of ether oxygens (including phenoxy) is 2. The second-order valence-electron chi connectivity index (χ2n) is 3.85. The van der Waals surface area contributed by atoms with E-state index in [1.54, 1.807) is 0 Å². The zero-order valence-electron chi connectivity index (χ0n) is 10.6. The van der Waals surface area contributed by atoms with E-state index in [1.807, 2.05) is 13.8 Å². The lowest BCUT2D eigenvalue weighted by atomic mass is 10.2. The molecule has 1 aromatic rings. The monoisotopic (exact) mass is 357 g/mol. The van der Waals surface area contributed by atoms with E-state index in [4.69, 9.17) is 16.3 Å². The smallest absolute Gasteiger partial charge is 0.387 e. The predicted molar refractivity (Wildman–Crippen MR) is 75.4 cm³/mol. The number of anilines is 1. The quantitative estimate of drug-likeness (QED) is 0.776. The van der Waals surface area contributed by atoms with Gasteiger partial charge < -0.3 is 14.8 Å². The first-order chi connectivity index (χ1) is 8.93. The van der Waals surface area contributed by atoms with Crippen molar-refractivity contribution >= 4 is 33.2 Å². The molecule has 1 rings (SSSR count). The van der Waals surface area contributed by atoms with Gasteiger partial charge in [0.25, 0.3) is 0 Å². The number of alkyl halides is 2. The summed E-state index contributed by atoms with van der Waals surface area (Å²) in [5.41, 5.74) is 0.395. The van der Waals surface area contributed by atoms with Crippen molar-refractivity contribution in [1.82, 2.24) is 0 Å². The molecule has 0 saturated heterocycles. The maximum absolute atomic E-state index is 12.4. The van der Waals surface area contributed by atoms with Crippen LogP contribution in [0.25, 0.3) is 0 Å². The zero-order chi connectivity index (χ0) is 14.4. The van der Waals surface area contributed by atoms with Gasteiger partial charge in [0.1, 0.15) is 0 Å². The van der Waals surface area contributed by atoms with Crippen molar-refractivity contribution in [3.8, 4) is 5.75 Å². The van der Waals surface area contributed by atoms with Crippen LogP contribution in [0.5, 0.6) is 5.75 Å². The van der Waals surface area contributed by atoms with Crippen molar-refractivity contribution in [2.75, 3.05) is 18.5 Å². The Kier molecular flexibility index (Phi) is 6.82. The van der Waals surface area contributed by atoms with Crippen LogP contribution in [-0.4, -0.2) is 25.9 Å². The Labute approximate surface area is 124 Å². The van der Waals surface area contributed by atoms with Crippen LogP contribution < -0.4 is 10.1 Å². The summed E-state index contributed by atoms with van der Waals surface area (Å²) in [7, 11) is 0. The number of rotatable bonds is 7. The third-order valence-corrected chi connectivity index (χ3v) is 3.00. The van der Waals surface area contributed by atoms with E-state index in [-0.39, 0.29) is 11.8 Å². The van der Waals surface area contributed by atoms with Gasteiger partial charge in [0, 0.05) is 17.7 Å². The average Bonchev–Trinajstić information content (AvgIpc) is 2.30. The van der Waals surface area contributed by atoms with Gasteiger partial charge in [-0.3, -0.25) is 0 Å². The van der Waals surface area contributed by atoms with E-state index in [0.717, 1.165) is 0 Å². The second-order valence-corrected chi connectivity index (χ2v) is 5.14. The molecule has 0 aliphatic heterocycles. The molecule has 19 heavy (non-hydrogen) atoms. The number of benzene rings is 1. The maximum atomic E-state index is 12.4. The van der Waals surface area contributed by atoms with Crippen molar-refractivity contribution in [2.24, 2.45) is 0 Å². The first-order valence-electron chi connectivity index (χ1n) is 5.72. The molecule has 3 nitrogen and oxygen atoms in total. The van der Waals surface area contributed by atoms with Crippen molar-refractivity contribution in [2.45, 2.75) is 26.5 Å². The molecule has 7 heteroatoms. The number of halogens is 4. The minimum Gasteiger partial charge on any atom is -0.431 e. The summed E-state index contributed by atoms with van der Waals surface area (Å²) in [6, 6.07) is 2.97. The standard InChI is InChI=1S/C12H15BrClF2NO2/c1-3-18-6-7(2)17-10-5-8(14)4-9(13)11(10)19-12(15)16/h4-5,7,12,17H,3,6H2,1-2H3. The van der Waals surface area contributed by atoms with E-state index >= 15 is 0 Å². The zero-order valence-corrected chi connectivity index (χ0v) is 12.9. The maximum Gasteiger partial charge on any atom is 0.387 e. The molecule has 1 N–H and O–H groups in total. The van der Waals surface area contributed by atoms with Gasteiger partial charge in [-0.15, -0.1) is 0 Å². The molecule has 0 aliphatic carbocycles. The molecule has 0 spiro atoms. The van der Waals surface area contributed by atoms with Crippen LogP contribution in [0, 0.1) is 0 Å². The van der Waals surface area contributed by atoms with Crippen LogP contribution in [0.3, 0.4) is 0 Å². The second kappa shape index (κ2) is 7.87. The first kappa shape index (κ1) is 16.5. The molecular weight excluding hydrogens is 343 g/mol. The minimum atomic E-state index is -2.90. The lowest BCUT2D eigenvalue weighted by molar-refractivity contribution is -0.0499. The fraction of sp³-hybridized carbons (Fsp3) is 0.500. The summed E-state index contributed by atoms with van der Waals surface area (Å²) in [4.78, 5) is 0. The molecule has 0 heterocycles. The van der Waals surface area contributed by atoms with Gasteiger partial charge in [0.05, 0.1) is 16.8 Å². The van der Waals surface area contributed by atoms with Crippen LogP contribution in [0.2, 0.25) is 5.02 Å². The lowest BCUT2D eigenvalue weighted by Gasteiger charge is -2.19. The van der Waals surface area contributed by atoms with Gasteiger partial charge in [0.2, 0.25) is 0 Å². The molecule has 1 atom stereocenters. The summed E-state index contributed by atoms with van der Waals surface area (Å²) in [6.07, 6.45) is 0. The van der Waals surface area contributed by atoms with Gasteiger partial charge in [-0.05, 0) is 41.9 Å². The van der Waals surface area contributed by atoms with E-state index in [9.17, 15) is 8.78 Å². The third-order valence-electron chi connectivity index (χ3n) is 2.19. The summed E-state index contributed by atoms with van der Waals surface area (Å²) >= 11 is 9.06. The molecule has 0 saturated carbocycles. The SMILES string of the molecule is CCOCC(C)Nc1cc(Cl)cc(Br)c1OC(F)F. The Bertz CT molecular complexity index is 421. The number of hydrogen-bond acceptors (Lipinski definition) is 3. The first-order valence-corrected chi connectivity index (χ1v) is 6.89. The fourth-order valence-corrected chi connectivity index (χ4v) is 2.38. The summed E-state index contributed by atoms with van der Waals surface area (Å²) in [5, 5.41) is 3.45. The largest absolute Gasteiger partial charge is 0.431 e. The predicted octanol–water partition coefficient (Wildman–Crippen LogP) is 4.54. The van der Waals surface area contributed by atoms with Crippen LogP contribution in [0.4, 0.5) is 14.5 Å². The number of nitrogens with one attached hydrogen (secondary N) is 1. The topological polar surface area (TPSA) is 30.5 Å². The normalized spacial score (nSPS) is 12.6. The Morgan fingerprint density at radius 2 is 2.11 bits per heavy atom. The van der Waals surface area contributed by atoms with Crippen molar-refractivity contribution < 1.29 is 18.3 Å². The number of hydrogen-bond donors (Lipinski definition) is 1. The summed E-state index contributed by atoms with van der Waals surface area (Å²) in [6.45, 7) is 1.89. The molecule has 0 amide bonds. The molecule has 0 radical (unpaired) electrons. The van der Waals surface area contributed by atoms with Crippen LogP contribution >= 0.6 is 27.5 Å². The molecule has 108 valence electrons. The van der Waals surface area contributed by atoms with E-state index in [0.29, 0.717) is 28.4 Å². The highest BCUT2D eigenvalue weighted by atomic mass is 79.9. The Morgan fingerprint density at radius 3 is 2.68 bits per heavy atom. The highest BCUT2D eigenvalue weighted by Gasteiger charge is 2.16. The van der Waals surface area contributed by atoms with E-state index in [2.05, 4.69) is 26.0 Å². The van der Waals surface area contributed by atoms with E-state index in [1.165, 1.54) is 12.1 Å². The Balaban J connectivity index is 2.90. The Morgan fingerprint density at radius 1 is 1.42 bits per heavy atom. The van der Waals surface area contributed by atoms with Crippen molar-refractivity contribution in [1.29, 1.82) is 0 Å². The molecule has 0 fully saturated rings. The average molecular weight is 359 g/mol. The Hall–Kier alpha value is -0.590. The molecule has 1 unspecified atom stereocenters. The molecule has 0 aliphatic rings. The fourth-order valence-electron chi connectivity index (χ4n) is 1.48. The van der Waals surface area contributed by atoms with Gasteiger partial charge in [-0.25, -0.2) is 0 Å². The van der Waals surface area contributed by atoms with Crippen LogP contribution in [0.15, 0.2) is 16.6 Å². The minimum absolute atomic E-state index is 0.0303. The van der Waals surface area contributed by atoms with E-state index < -0.39 is 6.61 Å². The third kappa shape index (κ3) is 5.50. The van der Waals surface area contributed by atoms with Crippen LogP contribution in [-0.2, 0) is 4.74 Å². The molecule has 0 bridgehead atoms. The van der Waals surface area contributed by atoms with Crippen LogP contribution in [0.1, 0.15) is 13.8 Å². The van der Waals surface area contributed by atoms with Gasteiger partial charge in [-0.1, -0.05) is 11.6 Å². The lowest BCUT2D eigenvalue weighted by Crippen LogP contribution is -2.22. The van der Waals surface area contributed by atoms with Gasteiger partial charge in [0.15, 0.2) is 5.75 Å². The molecular formula is C12H15BrClF2NO2. The highest BCUT2D eigenvalue weighted by molar-refractivity contribution is 9.10. The highest BCUT2D eigenvalue weighted by Crippen LogP contribution is 2.37. The molecule has 0 aromatic heterocycles. The van der Waals surface area contributed by atoms with Gasteiger partial charge >= 0.3 is 6.61 Å². The summed E-state index contributed by atoms with van der Waals surface area (Å²) < 4.78 is 34.9.